The Morgan fingerprint density at radius 2 is 2.00 bits per heavy atom. The van der Waals surface area contributed by atoms with Gasteiger partial charge in [-0.15, -0.1) is 11.3 Å². The highest BCUT2D eigenvalue weighted by atomic mass is 79.9. The Bertz CT molecular complexity index is 660. The molecule has 0 aliphatic rings. The number of guanidine groups is 1. The maximum Gasteiger partial charge on any atom is 0.191 e. The molecule has 7 heteroatoms. The Kier molecular flexibility index (Phi) is 6.73. The zero-order valence-corrected chi connectivity index (χ0v) is 15.8. The first-order valence-corrected chi connectivity index (χ1v) is 8.72. The Morgan fingerprint density at radius 1 is 1.22 bits per heavy atom. The second kappa shape index (κ2) is 8.79. The van der Waals surface area contributed by atoms with Crippen LogP contribution in [0.2, 0.25) is 0 Å². The number of rotatable bonds is 6. The van der Waals surface area contributed by atoms with E-state index >= 15 is 0 Å². The molecular formula is C16H20BrN3O2S. The van der Waals surface area contributed by atoms with Crippen molar-refractivity contribution in [1.82, 2.24) is 10.6 Å². The van der Waals surface area contributed by atoms with Crippen molar-refractivity contribution in [1.29, 1.82) is 0 Å². The summed E-state index contributed by atoms with van der Waals surface area (Å²) < 4.78 is 11.5. The summed E-state index contributed by atoms with van der Waals surface area (Å²) in [6.07, 6.45) is 0. The van der Waals surface area contributed by atoms with E-state index in [-0.39, 0.29) is 0 Å². The Hall–Kier alpha value is -1.73. The monoisotopic (exact) mass is 397 g/mol. The van der Waals surface area contributed by atoms with E-state index in [0.29, 0.717) is 18.0 Å². The van der Waals surface area contributed by atoms with Crippen molar-refractivity contribution >= 4 is 33.2 Å². The number of benzene rings is 1. The third kappa shape index (κ3) is 4.87. The van der Waals surface area contributed by atoms with E-state index in [0.717, 1.165) is 22.5 Å². The van der Waals surface area contributed by atoms with E-state index in [1.807, 2.05) is 18.2 Å². The molecule has 0 radical (unpaired) electrons. The molecule has 1 heterocycles. The number of hydrogen-bond donors (Lipinski definition) is 2. The number of nitrogens with zero attached hydrogens (tertiary/aromatic N) is 1. The van der Waals surface area contributed by atoms with Gasteiger partial charge in [-0.1, -0.05) is 6.07 Å². The molecular weight excluding hydrogens is 378 g/mol. The van der Waals surface area contributed by atoms with Crippen LogP contribution in [0, 0.1) is 0 Å². The third-order valence-corrected chi connectivity index (χ3v) is 4.65. The summed E-state index contributed by atoms with van der Waals surface area (Å²) in [4.78, 5) is 5.50. The van der Waals surface area contributed by atoms with Gasteiger partial charge in [0.05, 0.1) is 25.2 Å². The van der Waals surface area contributed by atoms with Gasteiger partial charge in [-0.3, -0.25) is 4.99 Å². The first-order valence-electron chi connectivity index (χ1n) is 7.05. The molecule has 0 atom stereocenters. The van der Waals surface area contributed by atoms with Crippen molar-refractivity contribution < 1.29 is 9.47 Å². The predicted octanol–water partition coefficient (Wildman–Crippen LogP) is 3.39. The van der Waals surface area contributed by atoms with Crippen LogP contribution in [-0.2, 0) is 13.1 Å². The van der Waals surface area contributed by atoms with E-state index in [4.69, 9.17) is 9.47 Å². The van der Waals surface area contributed by atoms with Crippen molar-refractivity contribution in [2.45, 2.75) is 13.1 Å². The van der Waals surface area contributed by atoms with Crippen LogP contribution in [0.15, 0.2) is 39.1 Å². The topological polar surface area (TPSA) is 54.9 Å². The maximum absolute atomic E-state index is 5.36. The molecule has 0 amide bonds. The number of hydrogen-bond acceptors (Lipinski definition) is 4. The van der Waals surface area contributed by atoms with Gasteiger partial charge in [0.15, 0.2) is 17.5 Å². The van der Waals surface area contributed by atoms with Gasteiger partial charge in [0, 0.05) is 18.5 Å². The molecule has 5 nitrogen and oxygen atoms in total. The van der Waals surface area contributed by atoms with Crippen molar-refractivity contribution in [2.24, 2.45) is 4.99 Å². The van der Waals surface area contributed by atoms with Gasteiger partial charge in [0.25, 0.3) is 0 Å². The lowest BCUT2D eigenvalue weighted by Crippen LogP contribution is -2.36. The van der Waals surface area contributed by atoms with E-state index in [2.05, 4.69) is 43.0 Å². The van der Waals surface area contributed by atoms with Gasteiger partial charge < -0.3 is 20.1 Å². The second-order valence-corrected chi connectivity index (χ2v) is 6.56. The molecule has 2 aromatic rings. The van der Waals surface area contributed by atoms with Crippen LogP contribution < -0.4 is 20.1 Å². The van der Waals surface area contributed by atoms with Crippen LogP contribution in [0.1, 0.15) is 10.4 Å². The van der Waals surface area contributed by atoms with E-state index in [9.17, 15) is 0 Å². The minimum absolute atomic E-state index is 0.628. The van der Waals surface area contributed by atoms with Crippen LogP contribution in [-0.4, -0.2) is 27.2 Å². The molecule has 2 rings (SSSR count). The van der Waals surface area contributed by atoms with Crippen molar-refractivity contribution in [3.05, 3.63) is 44.6 Å². The fourth-order valence-electron chi connectivity index (χ4n) is 2.06. The summed E-state index contributed by atoms with van der Waals surface area (Å²) in [6, 6.07) is 8.08. The predicted molar refractivity (Wildman–Crippen MR) is 98.6 cm³/mol. The van der Waals surface area contributed by atoms with Crippen LogP contribution in [0.25, 0.3) is 0 Å². The normalized spacial score (nSPS) is 11.2. The number of aliphatic imine (C=N–C) groups is 1. The summed E-state index contributed by atoms with van der Waals surface area (Å²) in [6.45, 7) is 1.38. The number of halogens is 1. The molecule has 0 unspecified atom stereocenters. The number of nitrogens with one attached hydrogen (secondary N) is 2. The summed E-state index contributed by atoms with van der Waals surface area (Å²) >= 11 is 5.22. The smallest absolute Gasteiger partial charge is 0.191 e. The molecule has 23 heavy (non-hydrogen) atoms. The molecule has 2 N–H and O–H groups in total. The minimum atomic E-state index is 0.628. The quantitative estimate of drug-likeness (QED) is 0.579. The molecule has 0 fully saturated rings. The standard InChI is InChI=1S/C16H20BrN3O2S/c1-18-16(20-10-12-5-4-6-23-12)19-9-11-7-13(17)15(22-3)14(8-11)21-2/h4-8H,9-10H2,1-3H3,(H2,18,19,20). The first kappa shape index (κ1) is 17.6. The molecule has 1 aromatic heterocycles. The minimum Gasteiger partial charge on any atom is -0.493 e. The fourth-order valence-corrected chi connectivity index (χ4v) is 3.36. The number of ether oxygens (including phenoxy) is 2. The molecule has 1 aromatic carbocycles. The zero-order chi connectivity index (χ0) is 16.7. The van der Waals surface area contributed by atoms with Gasteiger partial charge in [-0.25, -0.2) is 0 Å². The van der Waals surface area contributed by atoms with E-state index in [1.165, 1.54) is 4.88 Å². The van der Waals surface area contributed by atoms with Crippen LogP contribution in [0.4, 0.5) is 0 Å². The van der Waals surface area contributed by atoms with Gasteiger partial charge in [0.2, 0.25) is 0 Å². The maximum atomic E-state index is 5.36. The lowest BCUT2D eigenvalue weighted by atomic mass is 10.2. The highest BCUT2D eigenvalue weighted by Crippen LogP contribution is 2.36. The zero-order valence-electron chi connectivity index (χ0n) is 13.4. The average Bonchev–Trinajstić information content (AvgIpc) is 3.07. The lowest BCUT2D eigenvalue weighted by molar-refractivity contribution is 0.352. The summed E-state index contributed by atoms with van der Waals surface area (Å²) in [5.41, 5.74) is 1.06. The summed E-state index contributed by atoms with van der Waals surface area (Å²) in [5.74, 6) is 2.14. The first-order chi connectivity index (χ1) is 11.2. The Morgan fingerprint density at radius 3 is 2.61 bits per heavy atom. The highest BCUT2D eigenvalue weighted by Gasteiger charge is 2.10. The highest BCUT2D eigenvalue weighted by molar-refractivity contribution is 9.10. The van der Waals surface area contributed by atoms with Gasteiger partial charge in [0.1, 0.15) is 0 Å². The SMILES string of the molecule is CN=C(NCc1cc(Br)c(OC)c(OC)c1)NCc1cccs1. The largest absolute Gasteiger partial charge is 0.493 e. The molecule has 0 aliphatic heterocycles. The fraction of sp³-hybridized carbons (Fsp3) is 0.312. The van der Waals surface area contributed by atoms with Gasteiger partial charge in [-0.05, 0) is 45.1 Å². The Labute approximate surface area is 148 Å². The Balaban J connectivity index is 1.97. The summed E-state index contributed by atoms with van der Waals surface area (Å²) in [5, 5.41) is 8.64. The van der Waals surface area contributed by atoms with Crippen LogP contribution in [0.3, 0.4) is 0 Å². The van der Waals surface area contributed by atoms with Crippen molar-refractivity contribution in [3.63, 3.8) is 0 Å². The third-order valence-electron chi connectivity index (χ3n) is 3.19. The van der Waals surface area contributed by atoms with Gasteiger partial charge >= 0.3 is 0 Å². The van der Waals surface area contributed by atoms with E-state index in [1.54, 1.807) is 32.6 Å². The van der Waals surface area contributed by atoms with Gasteiger partial charge in [-0.2, -0.15) is 0 Å². The van der Waals surface area contributed by atoms with Crippen molar-refractivity contribution in [3.8, 4) is 11.5 Å². The van der Waals surface area contributed by atoms with E-state index < -0.39 is 0 Å². The van der Waals surface area contributed by atoms with Crippen LogP contribution in [0.5, 0.6) is 11.5 Å². The summed E-state index contributed by atoms with van der Waals surface area (Å²) in [7, 11) is 5.01. The average molecular weight is 398 g/mol. The van der Waals surface area contributed by atoms with Crippen LogP contribution >= 0.6 is 27.3 Å². The lowest BCUT2D eigenvalue weighted by Gasteiger charge is -2.14. The second-order valence-electron chi connectivity index (χ2n) is 4.67. The molecule has 0 spiro atoms. The molecule has 0 bridgehead atoms. The molecule has 124 valence electrons. The molecule has 0 aliphatic carbocycles. The molecule has 0 saturated heterocycles. The number of thiophene rings is 1. The molecule has 0 saturated carbocycles. The van der Waals surface area contributed by atoms with Crippen molar-refractivity contribution in [2.75, 3.05) is 21.3 Å². The number of methoxy groups -OCH3 is 2.